The van der Waals surface area contributed by atoms with E-state index in [0.29, 0.717) is 40.9 Å². The van der Waals surface area contributed by atoms with Crippen LogP contribution in [0, 0.1) is 45.8 Å². The van der Waals surface area contributed by atoms with Gasteiger partial charge >= 0.3 is 5.97 Å². The molecule has 2 N–H and O–H groups in total. The molecule has 5 aliphatic carbocycles. The first-order chi connectivity index (χ1) is 16.8. The molecule has 0 amide bonds. The van der Waals surface area contributed by atoms with Crippen molar-refractivity contribution >= 4 is 5.97 Å². The van der Waals surface area contributed by atoms with Gasteiger partial charge in [-0.05, 0) is 125 Å². The summed E-state index contributed by atoms with van der Waals surface area (Å²) in [5.41, 5.74) is -0.295. The number of hydrogen-bond acceptors (Lipinski definition) is 5. The van der Waals surface area contributed by atoms with Crippen LogP contribution in [0.25, 0.3) is 0 Å². The summed E-state index contributed by atoms with van der Waals surface area (Å²) in [5, 5.41) is 21.4. The third kappa shape index (κ3) is 3.27. The number of aliphatic hydroxyl groups is 2. The van der Waals surface area contributed by atoms with Crippen molar-refractivity contribution < 1.29 is 24.5 Å². The Bertz CT molecular complexity index is 911. The van der Waals surface area contributed by atoms with Gasteiger partial charge in [0.25, 0.3) is 0 Å². The van der Waals surface area contributed by atoms with Gasteiger partial charge in [0, 0.05) is 12.3 Å². The van der Waals surface area contributed by atoms with E-state index < -0.39 is 5.60 Å². The first-order valence-electron chi connectivity index (χ1n) is 15.1. The molecule has 1 saturated heterocycles. The molecule has 6 rings (SSSR count). The number of esters is 1. The first-order valence-corrected chi connectivity index (χ1v) is 15.1. The molecule has 0 radical (unpaired) electrons. The van der Waals surface area contributed by atoms with Crippen molar-refractivity contribution in [1.29, 1.82) is 0 Å². The van der Waals surface area contributed by atoms with Crippen LogP contribution >= 0.6 is 0 Å². The molecule has 0 aromatic rings. The summed E-state index contributed by atoms with van der Waals surface area (Å²) < 4.78 is 13.0. The summed E-state index contributed by atoms with van der Waals surface area (Å²) in [6.07, 6.45) is 11.2. The molecule has 5 heteroatoms. The number of hydrogen-bond donors (Lipinski definition) is 2. The van der Waals surface area contributed by atoms with Gasteiger partial charge < -0.3 is 19.7 Å². The Morgan fingerprint density at radius 1 is 1.00 bits per heavy atom. The molecule has 5 saturated carbocycles. The molecule has 6 aliphatic rings. The Morgan fingerprint density at radius 2 is 1.69 bits per heavy atom. The lowest BCUT2D eigenvalue weighted by molar-refractivity contribution is -0.185. The van der Waals surface area contributed by atoms with Crippen molar-refractivity contribution in [3.8, 4) is 0 Å². The molecule has 6 fully saturated rings. The lowest BCUT2D eigenvalue weighted by Gasteiger charge is -2.58. The molecular weight excluding hydrogens is 452 g/mol. The van der Waals surface area contributed by atoms with Crippen LogP contribution in [0.3, 0.4) is 0 Å². The minimum absolute atomic E-state index is 0.0776. The summed E-state index contributed by atoms with van der Waals surface area (Å²) in [5.74, 6) is 2.41. The summed E-state index contributed by atoms with van der Waals surface area (Å²) in [4.78, 5) is 12.6. The van der Waals surface area contributed by atoms with E-state index in [4.69, 9.17) is 9.47 Å². The quantitative estimate of drug-likeness (QED) is 0.486. The molecule has 0 aromatic carbocycles. The highest BCUT2D eigenvalue weighted by Gasteiger charge is 2.80. The molecule has 1 heterocycles. The van der Waals surface area contributed by atoms with Crippen LogP contribution in [0.2, 0.25) is 0 Å². The number of carbonyl (C=O) groups is 1. The molecular formula is C31H50O5. The average molecular weight is 503 g/mol. The van der Waals surface area contributed by atoms with E-state index in [1.165, 1.54) is 38.5 Å². The van der Waals surface area contributed by atoms with E-state index >= 15 is 0 Å². The smallest absolute Gasteiger partial charge is 0.305 e. The predicted octanol–water partition coefficient (Wildman–Crippen LogP) is 5.65. The van der Waals surface area contributed by atoms with Crippen molar-refractivity contribution in [3.05, 3.63) is 0 Å². The minimum atomic E-state index is -0.871. The topological polar surface area (TPSA) is 76.0 Å². The van der Waals surface area contributed by atoms with E-state index in [1.54, 1.807) is 0 Å². The Balaban J connectivity index is 1.33. The van der Waals surface area contributed by atoms with Crippen LogP contribution in [0.15, 0.2) is 0 Å². The summed E-state index contributed by atoms with van der Waals surface area (Å²) in [6, 6.07) is 0. The lowest BCUT2D eigenvalue weighted by Crippen LogP contribution is -2.54. The summed E-state index contributed by atoms with van der Waals surface area (Å²) >= 11 is 0. The minimum Gasteiger partial charge on any atom is -0.462 e. The maximum Gasteiger partial charge on any atom is 0.305 e. The third-order valence-corrected chi connectivity index (χ3v) is 13.2. The second-order valence-corrected chi connectivity index (χ2v) is 15.1. The highest BCUT2D eigenvalue weighted by molar-refractivity contribution is 5.69. The van der Waals surface area contributed by atoms with E-state index in [-0.39, 0.29) is 41.2 Å². The Morgan fingerprint density at radius 3 is 2.36 bits per heavy atom. The summed E-state index contributed by atoms with van der Waals surface area (Å²) in [7, 11) is 0. The summed E-state index contributed by atoms with van der Waals surface area (Å²) in [6.45, 7) is 12.6. The standard InChI is InChI=1S/C31H50O5/c1-7-25(33)35-23-16-21-20-9-8-19-18(2)22(32)10-13-30(19)17-31(20,30)15-14-28(21,5)26(23)29(6)12-11-24(36-29)27(3,4)34/h18-24,26,32,34H,7-17H2,1-6H3. The Hall–Kier alpha value is -0.650. The van der Waals surface area contributed by atoms with Gasteiger partial charge in [0.05, 0.1) is 23.4 Å². The van der Waals surface area contributed by atoms with Crippen molar-refractivity contribution in [2.75, 3.05) is 0 Å². The molecule has 204 valence electrons. The van der Waals surface area contributed by atoms with Gasteiger partial charge in [-0.15, -0.1) is 0 Å². The van der Waals surface area contributed by atoms with Gasteiger partial charge in [0.1, 0.15) is 6.10 Å². The molecule has 12 unspecified atom stereocenters. The van der Waals surface area contributed by atoms with Crippen LogP contribution in [-0.2, 0) is 14.3 Å². The van der Waals surface area contributed by atoms with Crippen LogP contribution in [0.5, 0.6) is 0 Å². The fourth-order valence-electron chi connectivity index (χ4n) is 11.6. The fraction of sp³-hybridized carbons (Fsp3) is 0.968. The molecule has 5 nitrogen and oxygen atoms in total. The molecule has 0 aromatic heterocycles. The lowest BCUT2D eigenvalue weighted by atomic mass is 9.47. The van der Waals surface area contributed by atoms with Gasteiger partial charge in [0.2, 0.25) is 0 Å². The van der Waals surface area contributed by atoms with E-state index in [2.05, 4.69) is 20.8 Å². The van der Waals surface area contributed by atoms with E-state index in [9.17, 15) is 15.0 Å². The largest absolute Gasteiger partial charge is 0.462 e. The maximum absolute atomic E-state index is 12.6. The van der Waals surface area contributed by atoms with Crippen LogP contribution in [-0.4, -0.2) is 45.7 Å². The third-order valence-electron chi connectivity index (χ3n) is 13.2. The molecule has 2 spiro atoms. The van der Waals surface area contributed by atoms with Gasteiger partial charge in [0.15, 0.2) is 0 Å². The second-order valence-electron chi connectivity index (χ2n) is 15.1. The highest BCUT2D eigenvalue weighted by Crippen LogP contribution is 2.86. The normalized spacial score (nSPS) is 55.8. The Labute approximate surface area is 218 Å². The van der Waals surface area contributed by atoms with Crippen molar-refractivity contribution in [2.45, 2.75) is 142 Å². The molecule has 12 atom stereocenters. The molecule has 36 heavy (non-hydrogen) atoms. The number of carbonyl (C=O) groups excluding carboxylic acids is 1. The monoisotopic (exact) mass is 502 g/mol. The number of aliphatic hydroxyl groups excluding tert-OH is 1. The fourth-order valence-corrected chi connectivity index (χ4v) is 11.6. The number of fused-ring (bicyclic) bond motifs is 2. The zero-order valence-corrected chi connectivity index (χ0v) is 23.5. The van der Waals surface area contributed by atoms with Crippen molar-refractivity contribution in [1.82, 2.24) is 0 Å². The van der Waals surface area contributed by atoms with E-state index in [1.807, 2.05) is 20.8 Å². The van der Waals surface area contributed by atoms with Gasteiger partial charge in [-0.3, -0.25) is 4.79 Å². The van der Waals surface area contributed by atoms with Gasteiger partial charge in [-0.2, -0.15) is 0 Å². The zero-order chi connectivity index (χ0) is 25.9. The predicted molar refractivity (Wildman–Crippen MR) is 138 cm³/mol. The second kappa shape index (κ2) is 7.94. The Kier molecular flexibility index (Phi) is 5.65. The molecule has 1 aliphatic heterocycles. The van der Waals surface area contributed by atoms with Gasteiger partial charge in [-0.25, -0.2) is 0 Å². The van der Waals surface area contributed by atoms with Crippen LogP contribution in [0.1, 0.15) is 112 Å². The SMILES string of the molecule is CCC(=O)OC1CC2C3CCC4C(C)C(O)CCC45CC35CCC2(C)C1C1(C)CCC(C(C)(C)O)O1. The molecule has 0 bridgehead atoms. The van der Waals surface area contributed by atoms with Crippen molar-refractivity contribution in [2.24, 2.45) is 45.8 Å². The van der Waals surface area contributed by atoms with Crippen LogP contribution < -0.4 is 0 Å². The number of rotatable bonds is 4. The van der Waals surface area contributed by atoms with Crippen LogP contribution in [0.4, 0.5) is 0 Å². The van der Waals surface area contributed by atoms with E-state index in [0.717, 1.165) is 25.7 Å². The number of ether oxygens (including phenoxy) is 2. The van der Waals surface area contributed by atoms with Crippen molar-refractivity contribution in [3.63, 3.8) is 0 Å². The maximum atomic E-state index is 12.6. The van der Waals surface area contributed by atoms with Gasteiger partial charge in [-0.1, -0.05) is 20.8 Å². The average Bonchev–Trinajstić information content (AvgIpc) is 3.13. The zero-order valence-electron chi connectivity index (χ0n) is 23.5. The first kappa shape index (κ1) is 25.6. The highest BCUT2D eigenvalue weighted by atomic mass is 16.6.